The topological polar surface area (TPSA) is 94.7 Å². The predicted molar refractivity (Wildman–Crippen MR) is 123 cm³/mol. The first kappa shape index (κ1) is 23.0. The Kier molecular flexibility index (Phi) is 7.25. The highest BCUT2D eigenvalue weighted by atomic mass is 16.5. The van der Waals surface area contributed by atoms with E-state index in [-0.39, 0.29) is 5.91 Å². The quantitative estimate of drug-likeness (QED) is 0.507. The lowest BCUT2D eigenvalue weighted by Gasteiger charge is -2.15. The molecule has 0 spiro atoms. The number of amides is 1. The zero-order valence-corrected chi connectivity index (χ0v) is 19.2. The van der Waals surface area contributed by atoms with Gasteiger partial charge in [-0.15, -0.1) is 0 Å². The number of aromatic nitrogens is 2. The molecule has 1 heterocycles. The van der Waals surface area contributed by atoms with Crippen molar-refractivity contribution in [2.24, 2.45) is 5.92 Å². The Morgan fingerprint density at radius 2 is 1.56 bits per heavy atom. The molecule has 8 heteroatoms. The number of methoxy groups -OCH3 is 4. The molecule has 2 aromatic carbocycles. The molecule has 3 aromatic rings. The van der Waals surface area contributed by atoms with Gasteiger partial charge < -0.3 is 24.3 Å². The van der Waals surface area contributed by atoms with E-state index in [1.165, 1.54) is 14.2 Å². The average Bonchev–Trinajstić information content (AvgIpc) is 3.18. The molecule has 0 saturated carbocycles. The van der Waals surface area contributed by atoms with Gasteiger partial charge in [-0.1, -0.05) is 19.9 Å². The summed E-state index contributed by atoms with van der Waals surface area (Å²) >= 11 is 0. The van der Waals surface area contributed by atoms with Crippen LogP contribution in [0.25, 0.3) is 11.3 Å². The number of benzene rings is 2. The molecule has 2 N–H and O–H groups in total. The van der Waals surface area contributed by atoms with Gasteiger partial charge in [-0.2, -0.15) is 5.10 Å². The van der Waals surface area contributed by atoms with E-state index in [0.29, 0.717) is 52.3 Å². The van der Waals surface area contributed by atoms with Gasteiger partial charge in [-0.05, 0) is 42.7 Å². The van der Waals surface area contributed by atoms with Crippen molar-refractivity contribution in [2.75, 3.05) is 33.8 Å². The van der Waals surface area contributed by atoms with Crippen molar-refractivity contribution in [1.82, 2.24) is 10.2 Å². The fourth-order valence-electron chi connectivity index (χ4n) is 3.51. The Morgan fingerprint density at radius 1 is 0.938 bits per heavy atom. The molecule has 0 aliphatic carbocycles. The van der Waals surface area contributed by atoms with Crippen molar-refractivity contribution >= 4 is 11.6 Å². The molecular weight excluding hydrogens is 410 g/mol. The van der Waals surface area contributed by atoms with Crippen LogP contribution in [-0.4, -0.2) is 44.5 Å². The maximum absolute atomic E-state index is 13.4. The molecule has 0 fully saturated rings. The minimum absolute atomic E-state index is 0.312. The summed E-state index contributed by atoms with van der Waals surface area (Å²) in [5.41, 5.74) is 3.11. The first-order valence-corrected chi connectivity index (χ1v) is 10.2. The van der Waals surface area contributed by atoms with Crippen LogP contribution >= 0.6 is 0 Å². The average molecular weight is 440 g/mol. The molecule has 0 saturated heterocycles. The zero-order valence-electron chi connectivity index (χ0n) is 19.2. The number of H-pyrrole nitrogens is 1. The summed E-state index contributed by atoms with van der Waals surface area (Å²) in [5.74, 6) is 2.02. The normalized spacial score (nSPS) is 10.7. The Labute approximate surface area is 187 Å². The first-order valence-electron chi connectivity index (χ1n) is 10.2. The van der Waals surface area contributed by atoms with Crippen LogP contribution in [0.2, 0.25) is 0 Å². The van der Waals surface area contributed by atoms with E-state index in [4.69, 9.17) is 18.9 Å². The number of aromatic amines is 1. The van der Waals surface area contributed by atoms with Crippen molar-refractivity contribution in [3.8, 4) is 34.3 Å². The smallest absolute Gasteiger partial charge is 0.263 e. The minimum Gasteiger partial charge on any atom is -0.496 e. The van der Waals surface area contributed by atoms with Gasteiger partial charge >= 0.3 is 0 Å². The highest BCUT2D eigenvalue weighted by molar-refractivity contribution is 6.10. The first-order chi connectivity index (χ1) is 15.4. The molecule has 1 amide bonds. The van der Waals surface area contributed by atoms with E-state index in [2.05, 4.69) is 29.4 Å². The maximum atomic E-state index is 13.4. The summed E-state index contributed by atoms with van der Waals surface area (Å²) in [7, 11) is 6.19. The summed E-state index contributed by atoms with van der Waals surface area (Å²) in [6.07, 6.45) is 0.707. The Bertz CT molecular complexity index is 1070. The van der Waals surface area contributed by atoms with E-state index < -0.39 is 0 Å². The van der Waals surface area contributed by atoms with E-state index in [0.717, 1.165) is 11.3 Å². The summed E-state index contributed by atoms with van der Waals surface area (Å²) in [6, 6.07) is 10.7. The van der Waals surface area contributed by atoms with Crippen molar-refractivity contribution in [3.05, 3.63) is 47.7 Å². The van der Waals surface area contributed by atoms with Crippen LogP contribution < -0.4 is 24.3 Å². The molecule has 8 nitrogen and oxygen atoms in total. The Balaban J connectivity index is 2.08. The second-order valence-electron chi connectivity index (χ2n) is 7.59. The third kappa shape index (κ3) is 4.64. The molecule has 32 heavy (non-hydrogen) atoms. The molecule has 3 rings (SSSR count). The number of nitrogens with zero attached hydrogens (tertiary/aromatic N) is 1. The summed E-state index contributed by atoms with van der Waals surface area (Å²) < 4.78 is 21.6. The SMILES string of the molecule is COc1ccc(-c2n[nH]c(CC(C)C)c2NC(=O)c2c(OC)cccc2OC)cc1OC. The fraction of sp³-hybridized carbons (Fsp3) is 0.333. The van der Waals surface area contributed by atoms with Gasteiger partial charge in [0, 0.05) is 5.56 Å². The molecule has 0 aliphatic heterocycles. The van der Waals surface area contributed by atoms with E-state index in [1.54, 1.807) is 38.5 Å². The van der Waals surface area contributed by atoms with Crippen LogP contribution in [0.4, 0.5) is 5.69 Å². The molecule has 0 aliphatic rings. The zero-order chi connectivity index (χ0) is 23.3. The monoisotopic (exact) mass is 439 g/mol. The summed E-state index contributed by atoms with van der Waals surface area (Å²) in [4.78, 5) is 13.4. The van der Waals surface area contributed by atoms with Gasteiger partial charge in [0.25, 0.3) is 5.91 Å². The molecule has 0 unspecified atom stereocenters. The van der Waals surface area contributed by atoms with Crippen LogP contribution in [0.15, 0.2) is 36.4 Å². The van der Waals surface area contributed by atoms with Gasteiger partial charge in [0.05, 0.1) is 39.8 Å². The molecule has 170 valence electrons. The van der Waals surface area contributed by atoms with Crippen molar-refractivity contribution < 1.29 is 23.7 Å². The van der Waals surface area contributed by atoms with Crippen molar-refractivity contribution in [3.63, 3.8) is 0 Å². The third-order valence-corrected chi connectivity index (χ3v) is 5.00. The largest absolute Gasteiger partial charge is 0.496 e. The molecule has 1 aromatic heterocycles. The number of hydrogen-bond acceptors (Lipinski definition) is 6. The summed E-state index contributed by atoms with van der Waals surface area (Å²) in [5, 5.41) is 10.6. The van der Waals surface area contributed by atoms with E-state index in [9.17, 15) is 4.79 Å². The van der Waals surface area contributed by atoms with Gasteiger partial charge in [0.15, 0.2) is 11.5 Å². The van der Waals surface area contributed by atoms with Gasteiger partial charge in [-0.3, -0.25) is 9.89 Å². The number of carbonyl (C=O) groups excluding carboxylic acids is 1. The Morgan fingerprint density at radius 3 is 2.12 bits per heavy atom. The van der Waals surface area contributed by atoms with Crippen molar-refractivity contribution in [1.29, 1.82) is 0 Å². The lowest BCUT2D eigenvalue weighted by atomic mass is 10.0. The van der Waals surface area contributed by atoms with E-state index >= 15 is 0 Å². The number of nitrogens with one attached hydrogen (secondary N) is 2. The maximum Gasteiger partial charge on any atom is 0.263 e. The molecule has 0 radical (unpaired) electrons. The molecule has 0 bridgehead atoms. The highest BCUT2D eigenvalue weighted by Gasteiger charge is 2.24. The van der Waals surface area contributed by atoms with Gasteiger partial charge in [-0.25, -0.2) is 0 Å². The molecular formula is C24H29N3O5. The second kappa shape index (κ2) is 10.1. The Hall–Kier alpha value is -3.68. The fourth-order valence-corrected chi connectivity index (χ4v) is 3.51. The van der Waals surface area contributed by atoms with Crippen molar-refractivity contribution in [2.45, 2.75) is 20.3 Å². The van der Waals surface area contributed by atoms with Crippen LogP contribution in [0, 0.1) is 5.92 Å². The summed E-state index contributed by atoms with van der Waals surface area (Å²) in [6.45, 7) is 4.21. The second-order valence-corrected chi connectivity index (χ2v) is 7.59. The third-order valence-electron chi connectivity index (χ3n) is 5.00. The lowest BCUT2D eigenvalue weighted by molar-refractivity contribution is 0.102. The number of carbonyl (C=O) groups is 1. The predicted octanol–water partition coefficient (Wildman–Crippen LogP) is 4.56. The standard InChI is InChI=1S/C24H29N3O5/c1-14(2)12-16-23(25-24(28)21-18(30-4)8-7-9-19(21)31-5)22(27-26-16)15-10-11-17(29-3)20(13-15)32-6/h7-11,13-14H,12H2,1-6H3,(H,25,28)(H,26,27). The molecule has 0 atom stereocenters. The van der Waals surface area contributed by atoms with E-state index in [1.807, 2.05) is 12.1 Å². The highest BCUT2D eigenvalue weighted by Crippen LogP contribution is 2.37. The van der Waals surface area contributed by atoms with Crippen LogP contribution in [0.5, 0.6) is 23.0 Å². The van der Waals surface area contributed by atoms with Crippen LogP contribution in [0.1, 0.15) is 29.9 Å². The number of hydrogen-bond donors (Lipinski definition) is 2. The van der Waals surface area contributed by atoms with Gasteiger partial charge in [0.1, 0.15) is 22.8 Å². The van der Waals surface area contributed by atoms with Gasteiger partial charge in [0.2, 0.25) is 0 Å². The number of ether oxygens (including phenoxy) is 4. The number of anilines is 1. The van der Waals surface area contributed by atoms with Crippen LogP contribution in [-0.2, 0) is 6.42 Å². The minimum atomic E-state index is -0.354. The van der Waals surface area contributed by atoms with Crippen LogP contribution in [0.3, 0.4) is 0 Å². The number of rotatable bonds is 9. The lowest BCUT2D eigenvalue weighted by Crippen LogP contribution is -2.16.